The molecule has 0 saturated carbocycles. The summed E-state index contributed by atoms with van der Waals surface area (Å²) < 4.78 is 5.35. The highest BCUT2D eigenvalue weighted by Gasteiger charge is 2.25. The molecule has 30 heavy (non-hydrogen) atoms. The normalized spacial score (nSPS) is 18.4. The van der Waals surface area contributed by atoms with Gasteiger partial charge in [-0.2, -0.15) is 0 Å². The van der Waals surface area contributed by atoms with E-state index in [0.717, 1.165) is 39.1 Å². The van der Waals surface area contributed by atoms with Gasteiger partial charge in [0.1, 0.15) is 0 Å². The van der Waals surface area contributed by atoms with Gasteiger partial charge in [0.05, 0.1) is 26.3 Å². The van der Waals surface area contributed by atoms with Crippen molar-refractivity contribution in [1.29, 1.82) is 0 Å². The van der Waals surface area contributed by atoms with Crippen LogP contribution in [-0.2, 0) is 20.9 Å². The van der Waals surface area contributed by atoms with Gasteiger partial charge < -0.3 is 14.5 Å². The SMILES string of the molecule is CCCN(Cc1ccc(C)cc1)C(=O)CN1CCN(C(=O)CN2CCOCC2)CC1. The van der Waals surface area contributed by atoms with Crippen molar-refractivity contribution in [3.63, 3.8) is 0 Å². The van der Waals surface area contributed by atoms with Crippen LogP contribution in [0.1, 0.15) is 24.5 Å². The number of ether oxygens (including phenoxy) is 1. The number of carbonyl (C=O) groups excluding carboxylic acids is 2. The molecule has 0 atom stereocenters. The fraction of sp³-hybridized carbons (Fsp3) is 0.652. The van der Waals surface area contributed by atoms with Gasteiger partial charge in [-0.15, -0.1) is 0 Å². The first-order chi connectivity index (χ1) is 14.5. The minimum atomic E-state index is 0.172. The third-order valence-electron chi connectivity index (χ3n) is 5.89. The first kappa shape index (κ1) is 22.7. The molecule has 1 aromatic rings. The van der Waals surface area contributed by atoms with E-state index in [2.05, 4.69) is 47.9 Å². The minimum absolute atomic E-state index is 0.172. The lowest BCUT2D eigenvalue weighted by Crippen LogP contribution is -2.53. The van der Waals surface area contributed by atoms with E-state index in [9.17, 15) is 9.59 Å². The summed E-state index contributed by atoms with van der Waals surface area (Å²) in [5.74, 6) is 0.361. The summed E-state index contributed by atoms with van der Waals surface area (Å²) in [4.78, 5) is 33.7. The summed E-state index contributed by atoms with van der Waals surface area (Å²) in [7, 11) is 0. The van der Waals surface area contributed by atoms with Gasteiger partial charge in [-0.1, -0.05) is 36.8 Å². The van der Waals surface area contributed by atoms with Crippen LogP contribution in [0, 0.1) is 6.92 Å². The molecule has 166 valence electrons. The van der Waals surface area contributed by atoms with Gasteiger partial charge >= 0.3 is 0 Å². The van der Waals surface area contributed by atoms with Crippen LogP contribution < -0.4 is 0 Å². The second kappa shape index (κ2) is 11.4. The van der Waals surface area contributed by atoms with Crippen molar-refractivity contribution in [2.45, 2.75) is 26.8 Å². The fourth-order valence-electron chi connectivity index (χ4n) is 3.97. The van der Waals surface area contributed by atoms with Crippen molar-refractivity contribution in [3.05, 3.63) is 35.4 Å². The van der Waals surface area contributed by atoms with E-state index in [1.165, 1.54) is 11.1 Å². The van der Waals surface area contributed by atoms with Crippen LogP contribution >= 0.6 is 0 Å². The van der Waals surface area contributed by atoms with Crippen LogP contribution in [-0.4, -0.2) is 104 Å². The Hall–Kier alpha value is -1.96. The molecule has 3 rings (SSSR count). The topological polar surface area (TPSA) is 56.3 Å². The van der Waals surface area contributed by atoms with Crippen molar-refractivity contribution < 1.29 is 14.3 Å². The molecule has 0 N–H and O–H groups in total. The maximum atomic E-state index is 12.9. The lowest BCUT2D eigenvalue weighted by atomic mass is 10.1. The Morgan fingerprint density at radius 2 is 1.57 bits per heavy atom. The van der Waals surface area contributed by atoms with Crippen LogP contribution in [0.4, 0.5) is 0 Å². The number of nitrogens with zero attached hydrogens (tertiary/aromatic N) is 4. The maximum Gasteiger partial charge on any atom is 0.237 e. The number of benzene rings is 1. The Bertz CT molecular complexity index is 680. The molecule has 0 aliphatic carbocycles. The van der Waals surface area contributed by atoms with E-state index in [1.807, 2.05) is 9.80 Å². The highest BCUT2D eigenvalue weighted by atomic mass is 16.5. The zero-order valence-corrected chi connectivity index (χ0v) is 18.5. The largest absolute Gasteiger partial charge is 0.379 e. The van der Waals surface area contributed by atoms with Gasteiger partial charge in [0, 0.05) is 52.4 Å². The van der Waals surface area contributed by atoms with Gasteiger partial charge in [-0.05, 0) is 18.9 Å². The predicted octanol–water partition coefficient (Wildman–Crippen LogP) is 1.21. The summed E-state index contributed by atoms with van der Waals surface area (Å²) in [6.45, 7) is 12.5. The van der Waals surface area contributed by atoms with Crippen LogP contribution in [0.3, 0.4) is 0 Å². The van der Waals surface area contributed by atoms with E-state index in [4.69, 9.17) is 4.74 Å². The Labute approximate surface area is 180 Å². The van der Waals surface area contributed by atoms with Crippen LogP contribution in [0.15, 0.2) is 24.3 Å². The molecule has 2 aliphatic rings. The van der Waals surface area contributed by atoms with Crippen LogP contribution in [0.5, 0.6) is 0 Å². The summed E-state index contributed by atoms with van der Waals surface area (Å²) in [6, 6.07) is 8.39. The molecule has 0 spiro atoms. The molecule has 2 heterocycles. The lowest BCUT2D eigenvalue weighted by molar-refractivity contribution is -0.136. The molecule has 2 amide bonds. The second-order valence-corrected chi connectivity index (χ2v) is 8.35. The Morgan fingerprint density at radius 3 is 2.20 bits per heavy atom. The molecular weight excluding hydrogens is 380 g/mol. The summed E-state index contributed by atoms with van der Waals surface area (Å²) in [5.41, 5.74) is 2.40. The fourth-order valence-corrected chi connectivity index (χ4v) is 3.97. The Balaban J connectivity index is 1.44. The second-order valence-electron chi connectivity index (χ2n) is 8.35. The highest BCUT2D eigenvalue weighted by molar-refractivity contribution is 5.79. The number of hydrogen-bond acceptors (Lipinski definition) is 5. The van der Waals surface area contributed by atoms with Gasteiger partial charge in [0.2, 0.25) is 11.8 Å². The smallest absolute Gasteiger partial charge is 0.237 e. The van der Waals surface area contributed by atoms with Crippen LogP contribution in [0.2, 0.25) is 0 Å². The summed E-state index contributed by atoms with van der Waals surface area (Å²) in [5, 5.41) is 0. The number of piperazine rings is 1. The van der Waals surface area contributed by atoms with Crippen molar-refractivity contribution in [1.82, 2.24) is 19.6 Å². The number of aryl methyl sites for hydroxylation is 1. The molecule has 2 aliphatic heterocycles. The number of amides is 2. The maximum absolute atomic E-state index is 12.9. The number of hydrogen-bond donors (Lipinski definition) is 0. The first-order valence-electron chi connectivity index (χ1n) is 11.2. The van der Waals surface area contributed by atoms with E-state index in [-0.39, 0.29) is 11.8 Å². The predicted molar refractivity (Wildman–Crippen MR) is 117 cm³/mol. The zero-order chi connectivity index (χ0) is 21.3. The van der Waals surface area contributed by atoms with E-state index in [0.29, 0.717) is 45.9 Å². The molecule has 2 saturated heterocycles. The summed E-state index contributed by atoms with van der Waals surface area (Å²) >= 11 is 0. The van der Waals surface area contributed by atoms with Crippen molar-refractivity contribution in [2.24, 2.45) is 0 Å². The molecule has 0 radical (unpaired) electrons. The van der Waals surface area contributed by atoms with Gasteiger partial charge in [0.15, 0.2) is 0 Å². The van der Waals surface area contributed by atoms with E-state index < -0.39 is 0 Å². The quantitative estimate of drug-likeness (QED) is 0.638. The third kappa shape index (κ3) is 6.79. The number of rotatable bonds is 8. The molecule has 0 bridgehead atoms. The van der Waals surface area contributed by atoms with Gasteiger partial charge in [0.25, 0.3) is 0 Å². The molecule has 0 aromatic heterocycles. The molecule has 0 unspecified atom stereocenters. The Morgan fingerprint density at radius 1 is 0.933 bits per heavy atom. The minimum Gasteiger partial charge on any atom is -0.379 e. The number of morpholine rings is 1. The molecule has 2 fully saturated rings. The average molecular weight is 417 g/mol. The van der Waals surface area contributed by atoms with Crippen molar-refractivity contribution >= 4 is 11.8 Å². The highest BCUT2D eigenvalue weighted by Crippen LogP contribution is 2.10. The first-order valence-corrected chi connectivity index (χ1v) is 11.2. The third-order valence-corrected chi connectivity index (χ3v) is 5.89. The molecule has 7 nitrogen and oxygen atoms in total. The average Bonchev–Trinajstić information content (AvgIpc) is 2.76. The van der Waals surface area contributed by atoms with Crippen molar-refractivity contribution in [3.8, 4) is 0 Å². The number of carbonyl (C=O) groups is 2. The van der Waals surface area contributed by atoms with Gasteiger partial charge in [-0.25, -0.2) is 0 Å². The van der Waals surface area contributed by atoms with E-state index in [1.54, 1.807) is 0 Å². The van der Waals surface area contributed by atoms with E-state index >= 15 is 0 Å². The summed E-state index contributed by atoms with van der Waals surface area (Å²) in [6.07, 6.45) is 0.946. The molecule has 1 aromatic carbocycles. The van der Waals surface area contributed by atoms with Crippen molar-refractivity contribution in [2.75, 3.05) is 72.1 Å². The molecule has 7 heteroatoms. The molecular formula is C23H36N4O3. The van der Waals surface area contributed by atoms with Gasteiger partial charge in [-0.3, -0.25) is 19.4 Å². The zero-order valence-electron chi connectivity index (χ0n) is 18.5. The standard InChI is InChI=1S/C23H36N4O3/c1-3-8-27(17-21-6-4-20(2)5-7-21)23(29)19-24-9-11-26(12-10-24)22(28)18-25-13-15-30-16-14-25/h4-7H,3,8-19H2,1-2H3. The lowest BCUT2D eigenvalue weighted by Gasteiger charge is -2.36. The van der Waals surface area contributed by atoms with Crippen LogP contribution in [0.25, 0.3) is 0 Å². The Kier molecular flexibility index (Phi) is 8.66. The monoisotopic (exact) mass is 416 g/mol.